The number of anilines is 1. The Hall–Kier alpha value is -1.49. The van der Waals surface area contributed by atoms with Crippen molar-refractivity contribution in [2.45, 2.75) is 45.6 Å². The van der Waals surface area contributed by atoms with E-state index in [2.05, 4.69) is 50.4 Å². The molecule has 18 heavy (non-hydrogen) atoms. The van der Waals surface area contributed by atoms with Crippen molar-refractivity contribution >= 4 is 5.69 Å². The third-order valence-corrected chi connectivity index (χ3v) is 4.45. The van der Waals surface area contributed by atoms with Crippen LogP contribution in [0, 0.1) is 30.1 Å². The maximum absolute atomic E-state index is 9.65. The molecule has 1 saturated carbocycles. The number of hydrogen-bond donors (Lipinski definition) is 1. The molecule has 1 aromatic rings. The lowest BCUT2D eigenvalue weighted by molar-refractivity contribution is 0.206. The van der Waals surface area contributed by atoms with E-state index in [-0.39, 0.29) is 0 Å². The summed E-state index contributed by atoms with van der Waals surface area (Å²) in [6, 6.07) is 10.8. The standard InChI is InChI=1S/C16H22N2/c1-12-6-4-8-15(10-12)18-16(11-17)9-5-7-13(2)14(16)3/h4,6,8,10,13-14,18H,5,7,9H2,1-3H3. The molecule has 0 aromatic heterocycles. The molecule has 1 fully saturated rings. The summed E-state index contributed by atoms with van der Waals surface area (Å²) in [4.78, 5) is 0. The lowest BCUT2D eigenvalue weighted by Gasteiger charge is -2.42. The topological polar surface area (TPSA) is 35.8 Å². The Balaban J connectivity index is 2.26. The van der Waals surface area contributed by atoms with Gasteiger partial charge in [-0.2, -0.15) is 5.26 Å². The zero-order valence-electron chi connectivity index (χ0n) is 11.5. The van der Waals surface area contributed by atoms with Gasteiger partial charge in [-0.15, -0.1) is 0 Å². The van der Waals surface area contributed by atoms with Gasteiger partial charge < -0.3 is 5.32 Å². The quantitative estimate of drug-likeness (QED) is 0.846. The molecule has 1 N–H and O–H groups in total. The van der Waals surface area contributed by atoms with Gasteiger partial charge in [0.1, 0.15) is 5.54 Å². The van der Waals surface area contributed by atoms with Gasteiger partial charge in [-0.05, 0) is 49.3 Å². The summed E-state index contributed by atoms with van der Waals surface area (Å²) in [6.45, 7) is 6.54. The van der Waals surface area contributed by atoms with Crippen molar-refractivity contribution in [1.82, 2.24) is 0 Å². The summed E-state index contributed by atoms with van der Waals surface area (Å²) in [5.41, 5.74) is 1.90. The van der Waals surface area contributed by atoms with Crippen LogP contribution in [-0.4, -0.2) is 5.54 Å². The van der Waals surface area contributed by atoms with Crippen LogP contribution in [-0.2, 0) is 0 Å². The van der Waals surface area contributed by atoms with Crippen LogP contribution >= 0.6 is 0 Å². The fourth-order valence-electron chi connectivity index (χ4n) is 3.01. The molecule has 0 radical (unpaired) electrons. The van der Waals surface area contributed by atoms with Crippen LogP contribution in [0.25, 0.3) is 0 Å². The Morgan fingerprint density at radius 1 is 1.39 bits per heavy atom. The molecule has 0 spiro atoms. The van der Waals surface area contributed by atoms with Crippen LogP contribution in [0.5, 0.6) is 0 Å². The van der Waals surface area contributed by atoms with E-state index >= 15 is 0 Å². The number of benzene rings is 1. The minimum absolute atomic E-state index is 0.386. The van der Waals surface area contributed by atoms with E-state index in [1.54, 1.807) is 0 Å². The van der Waals surface area contributed by atoms with Gasteiger partial charge in [-0.1, -0.05) is 32.4 Å². The molecule has 2 nitrogen and oxygen atoms in total. The maximum Gasteiger partial charge on any atom is 0.128 e. The molecule has 3 unspecified atom stereocenters. The van der Waals surface area contributed by atoms with E-state index in [0.29, 0.717) is 11.8 Å². The Kier molecular flexibility index (Phi) is 3.61. The first kappa shape index (κ1) is 13.0. The summed E-state index contributed by atoms with van der Waals surface area (Å²) in [6.07, 6.45) is 3.32. The number of nitrogens with one attached hydrogen (secondary N) is 1. The van der Waals surface area contributed by atoms with E-state index in [1.165, 1.54) is 12.0 Å². The molecule has 0 amide bonds. The van der Waals surface area contributed by atoms with Crippen LogP contribution in [0.2, 0.25) is 0 Å². The average Bonchev–Trinajstić information content (AvgIpc) is 2.35. The number of hydrogen-bond acceptors (Lipinski definition) is 2. The second-order valence-electron chi connectivity index (χ2n) is 5.74. The molecule has 2 heteroatoms. The Labute approximate surface area is 110 Å². The lowest BCUT2D eigenvalue weighted by Crippen LogP contribution is -2.48. The summed E-state index contributed by atoms with van der Waals surface area (Å²) in [5.74, 6) is 0.993. The van der Waals surface area contributed by atoms with Gasteiger partial charge in [-0.25, -0.2) is 0 Å². The monoisotopic (exact) mass is 242 g/mol. The number of rotatable bonds is 2. The average molecular weight is 242 g/mol. The molecular weight excluding hydrogens is 220 g/mol. The van der Waals surface area contributed by atoms with E-state index in [9.17, 15) is 5.26 Å². The van der Waals surface area contributed by atoms with Crippen molar-refractivity contribution in [2.75, 3.05) is 5.32 Å². The first-order chi connectivity index (χ1) is 8.57. The van der Waals surface area contributed by atoms with E-state index < -0.39 is 5.54 Å². The summed E-state index contributed by atoms with van der Waals surface area (Å²) in [7, 11) is 0. The Bertz CT molecular complexity index is 460. The molecule has 2 rings (SSSR count). The van der Waals surface area contributed by atoms with Crippen LogP contribution in [0.3, 0.4) is 0 Å². The molecule has 0 saturated heterocycles. The summed E-state index contributed by atoms with van der Waals surface area (Å²) >= 11 is 0. The molecule has 96 valence electrons. The van der Waals surface area contributed by atoms with Gasteiger partial charge in [0.05, 0.1) is 6.07 Å². The molecule has 0 aliphatic heterocycles. The van der Waals surface area contributed by atoms with Gasteiger partial charge in [0.2, 0.25) is 0 Å². The van der Waals surface area contributed by atoms with Crippen molar-refractivity contribution in [3.8, 4) is 6.07 Å². The first-order valence-corrected chi connectivity index (χ1v) is 6.83. The zero-order chi connectivity index (χ0) is 13.2. The Morgan fingerprint density at radius 2 is 2.17 bits per heavy atom. The third kappa shape index (κ3) is 2.36. The van der Waals surface area contributed by atoms with Crippen molar-refractivity contribution < 1.29 is 0 Å². The molecule has 1 aliphatic carbocycles. The number of nitriles is 1. The highest BCUT2D eigenvalue weighted by Gasteiger charge is 2.41. The highest BCUT2D eigenvalue weighted by molar-refractivity contribution is 5.50. The predicted molar refractivity (Wildman–Crippen MR) is 75.3 cm³/mol. The fourth-order valence-corrected chi connectivity index (χ4v) is 3.01. The smallest absolute Gasteiger partial charge is 0.128 e. The van der Waals surface area contributed by atoms with Gasteiger partial charge in [0, 0.05) is 5.69 Å². The maximum atomic E-state index is 9.65. The van der Waals surface area contributed by atoms with E-state index in [1.807, 2.05) is 6.07 Å². The molecule has 0 bridgehead atoms. The predicted octanol–water partition coefficient (Wildman–Crippen LogP) is 4.13. The van der Waals surface area contributed by atoms with Crippen LogP contribution in [0.4, 0.5) is 5.69 Å². The number of aryl methyl sites for hydroxylation is 1. The van der Waals surface area contributed by atoms with Crippen molar-refractivity contribution in [3.05, 3.63) is 29.8 Å². The normalized spacial score (nSPS) is 31.7. The van der Waals surface area contributed by atoms with Crippen LogP contribution in [0.1, 0.15) is 38.7 Å². The fraction of sp³-hybridized carbons (Fsp3) is 0.562. The molecule has 1 aromatic carbocycles. The molecule has 0 heterocycles. The highest BCUT2D eigenvalue weighted by Crippen LogP contribution is 2.39. The highest BCUT2D eigenvalue weighted by atomic mass is 15.0. The van der Waals surface area contributed by atoms with E-state index in [4.69, 9.17) is 0 Å². The zero-order valence-corrected chi connectivity index (χ0v) is 11.5. The van der Waals surface area contributed by atoms with Crippen molar-refractivity contribution in [2.24, 2.45) is 11.8 Å². The SMILES string of the molecule is Cc1cccc(NC2(C#N)CCCC(C)C2C)c1. The first-order valence-electron chi connectivity index (χ1n) is 6.83. The minimum atomic E-state index is -0.397. The third-order valence-electron chi connectivity index (χ3n) is 4.45. The number of nitrogens with zero attached hydrogens (tertiary/aromatic N) is 1. The molecular formula is C16H22N2. The van der Waals surface area contributed by atoms with Gasteiger partial charge in [0.25, 0.3) is 0 Å². The lowest BCUT2D eigenvalue weighted by atomic mass is 9.69. The van der Waals surface area contributed by atoms with Crippen molar-refractivity contribution in [3.63, 3.8) is 0 Å². The van der Waals surface area contributed by atoms with Gasteiger partial charge in [-0.3, -0.25) is 0 Å². The second kappa shape index (κ2) is 5.02. The molecule has 1 aliphatic rings. The van der Waals surface area contributed by atoms with Crippen LogP contribution in [0.15, 0.2) is 24.3 Å². The van der Waals surface area contributed by atoms with Crippen LogP contribution < -0.4 is 5.32 Å². The van der Waals surface area contributed by atoms with Crippen molar-refractivity contribution in [1.29, 1.82) is 5.26 Å². The second-order valence-corrected chi connectivity index (χ2v) is 5.74. The minimum Gasteiger partial charge on any atom is -0.367 e. The van der Waals surface area contributed by atoms with Gasteiger partial charge >= 0.3 is 0 Å². The summed E-state index contributed by atoms with van der Waals surface area (Å²) < 4.78 is 0. The largest absolute Gasteiger partial charge is 0.367 e. The Morgan fingerprint density at radius 3 is 2.83 bits per heavy atom. The van der Waals surface area contributed by atoms with Gasteiger partial charge in [0.15, 0.2) is 0 Å². The van der Waals surface area contributed by atoms with E-state index in [0.717, 1.165) is 18.5 Å². The summed E-state index contributed by atoms with van der Waals surface area (Å²) in [5, 5.41) is 13.2. The molecule has 3 atom stereocenters.